The Labute approximate surface area is 165 Å². The summed E-state index contributed by atoms with van der Waals surface area (Å²) in [5.74, 6) is -0.496. The van der Waals surface area contributed by atoms with Crippen LogP contribution in [-0.2, 0) is 12.1 Å². The van der Waals surface area contributed by atoms with Gasteiger partial charge < -0.3 is 14.3 Å². The molecule has 1 N–H and O–H groups in total. The normalized spacial score (nSPS) is 16.9. The molecule has 0 spiro atoms. The smallest absolute Gasteiger partial charge is 0.292 e. The van der Waals surface area contributed by atoms with E-state index in [0.29, 0.717) is 18.7 Å². The zero-order valence-corrected chi connectivity index (χ0v) is 16.0. The molecule has 4 aromatic rings. The van der Waals surface area contributed by atoms with E-state index >= 15 is 0 Å². The van der Waals surface area contributed by atoms with E-state index in [-0.39, 0.29) is 17.6 Å². The maximum absolute atomic E-state index is 14.1. The zero-order valence-electron chi connectivity index (χ0n) is 16.0. The van der Waals surface area contributed by atoms with E-state index in [4.69, 9.17) is 4.42 Å². The summed E-state index contributed by atoms with van der Waals surface area (Å²) in [6.45, 7) is 3.12. The number of aromatic nitrogens is 5. The number of amides is 1. The SMILES string of the molecule is CC(C)(F)c1ncc(C(=O)N2CCc3[nH]cnc3[C@@H]2c2cc3ccccn3n2)o1. The van der Waals surface area contributed by atoms with Gasteiger partial charge in [-0.15, -0.1) is 0 Å². The molecule has 29 heavy (non-hydrogen) atoms. The lowest BCUT2D eigenvalue weighted by molar-refractivity contribution is 0.0643. The van der Waals surface area contributed by atoms with E-state index in [9.17, 15) is 9.18 Å². The first-order valence-corrected chi connectivity index (χ1v) is 9.34. The number of oxazole rings is 1. The summed E-state index contributed by atoms with van der Waals surface area (Å²) in [6.07, 6.45) is 5.38. The maximum Gasteiger partial charge on any atom is 0.292 e. The van der Waals surface area contributed by atoms with Gasteiger partial charge in [0.05, 0.1) is 29.4 Å². The molecule has 1 amide bonds. The Morgan fingerprint density at radius 3 is 2.97 bits per heavy atom. The van der Waals surface area contributed by atoms with Crippen LogP contribution in [0.3, 0.4) is 0 Å². The highest BCUT2D eigenvalue weighted by Crippen LogP contribution is 2.34. The Balaban J connectivity index is 1.57. The minimum atomic E-state index is -1.77. The number of imidazole rings is 1. The lowest BCUT2D eigenvalue weighted by Gasteiger charge is -2.33. The molecule has 4 aromatic heterocycles. The van der Waals surface area contributed by atoms with Gasteiger partial charge in [0.15, 0.2) is 5.67 Å². The maximum atomic E-state index is 14.1. The average molecular weight is 394 g/mol. The molecule has 0 saturated heterocycles. The predicted molar refractivity (Wildman–Crippen MR) is 101 cm³/mol. The van der Waals surface area contributed by atoms with Gasteiger partial charge in [-0.05, 0) is 32.0 Å². The van der Waals surface area contributed by atoms with Crippen molar-refractivity contribution in [2.75, 3.05) is 6.54 Å². The Morgan fingerprint density at radius 2 is 2.21 bits per heavy atom. The van der Waals surface area contributed by atoms with Crippen molar-refractivity contribution in [1.29, 1.82) is 0 Å². The molecule has 0 radical (unpaired) electrons. The number of hydrogen-bond acceptors (Lipinski definition) is 5. The lowest BCUT2D eigenvalue weighted by atomic mass is 9.99. The van der Waals surface area contributed by atoms with Crippen LogP contribution in [0.5, 0.6) is 0 Å². The quantitative estimate of drug-likeness (QED) is 0.577. The van der Waals surface area contributed by atoms with Crippen LogP contribution in [0, 0.1) is 0 Å². The number of nitrogens with zero attached hydrogens (tertiary/aromatic N) is 5. The number of H-pyrrole nitrogens is 1. The van der Waals surface area contributed by atoms with Gasteiger partial charge in [0, 0.05) is 24.9 Å². The van der Waals surface area contributed by atoms with Crippen LogP contribution in [0.2, 0.25) is 0 Å². The molecule has 0 fully saturated rings. The van der Waals surface area contributed by atoms with Gasteiger partial charge in [-0.3, -0.25) is 4.79 Å². The highest BCUT2D eigenvalue weighted by Gasteiger charge is 2.38. The molecule has 0 aromatic carbocycles. The summed E-state index contributed by atoms with van der Waals surface area (Å²) in [4.78, 5) is 26.5. The monoisotopic (exact) mass is 394 g/mol. The first-order chi connectivity index (χ1) is 13.9. The third-order valence-corrected chi connectivity index (χ3v) is 5.08. The number of halogens is 1. The third-order valence-electron chi connectivity index (χ3n) is 5.08. The van der Waals surface area contributed by atoms with Crippen LogP contribution in [-0.4, -0.2) is 41.9 Å². The van der Waals surface area contributed by atoms with Gasteiger partial charge in [0.1, 0.15) is 6.04 Å². The molecule has 1 aliphatic heterocycles. The molecule has 148 valence electrons. The van der Waals surface area contributed by atoms with E-state index < -0.39 is 11.7 Å². The molecule has 5 rings (SSSR count). The van der Waals surface area contributed by atoms with Crippen LogP contribution in [0.15, 0.2) is 47.4 Å². The van der Waals surface area contributed by atoms with Gasteiger partial charge in [-0.25, -0.2) is 18.9 Å². The molecule has 0 aliphatic carbocycles. The number of nitrogens with one attached hydrogen (secondary N) is 1. The van der Waals surface area contributed by atoms with E-state index in [1.165, 1.54) is 20.0 Å². The summed E-state index contributed by atoms with van der Waals surface area (Å²) in [5, 5.41) is 4.65. The van der Waals surface area contributed by atoms with Gasteiger partial charge >= 0.3 is 0 Å². The highest BCUT2D eigenvalue weighted by molar-refractivity contribution is 5.92. The number of rotatable bonds is 3. The fourth-order valence-corrected chi connectivity index (χ4v) is 3.68. The van der Waals surface area contributed by atoms with Gasteiger partial charge in [0.2, 0.25) is 11.7 Å². The van der Waals surface area contributed by atoms with Crippen LogP contribution in [0.25, 0.3) is 5.52 Å². The number of fused-ring (bicyclic) bond motifs is 2. The minimum Gasteiger partial charge on any atom is -0.432 e. The van der Waals surface area contributed by atoms with E-state index in [1.54, 1.807) is 15.7 Å². The number of aromatic amines is 1. The minimum absolute atomic E-state index is 0.00141. The summed E-state index contributed by atoms with van der Waals surface area (Å²) < 4.78 is 21.4. The van der Waals surface area contributed by atoms with Crippen molar-refractivity contribution >= 4 is 11.4 Å². The fourth-order valence-electron chi connectivity index (χ4n) is 3.68. The van der Waals surface area contributed by atoms with E-state index in [0.717, 1.165) is 16.9 Å². The van der Waals surface area contributed by atoms with Gasteiger partial charge in [0.25, 0.3) is 5.91 Å². The van der Waals surface area contributed by atoms with E-state index in [2.05, 4.69) is 20.1 Å². The standard InChI is InChI=1S/C20H19FN6O2/c1-20(2,21)19-22-10-15(29-19)18(28)26-8-6-13-16(24-11-23-13)17(26)14-9-12-5-3-4-7-27(12)25-14/h3-5,7,9-11,17H,6,8H2,1-2H3,(H,23,24)/t17-/m0/s1. The molecule has 1 atom stereocenters. The topological polar surface area (TPSA) is 92.3 Å². The third kappa shape index (κ3) is 2.89. The number of alkyl halides is 1. The lowest BCUT2D eigenvalue weighted by Crippen LogP contribution is -2.40. The number of carbonyl (C=O) groups excluding carboxylic acids is 1. The van der Waals surface area contributed by atoms with Crippen molar-refractivity contribution < 1.29 is 13.6 Å². The van der Waals surface area contributed by atoms with Crippen molar-refractivity contribution in [1.82, 2.24) is 29.5 Å². The molecule has 9 heteroatoms. The Kier molecular flexibility index (Phi) is 3.80. The summed E-state index contributed by atoms with van der Waals surface area (Å²) in [5.41, 5.74) is 1.57. The molecule has 0 unspecified atom stereocenters. The number of hydrogen-bond donors (Lipinski definition) is 1. The largest absolute Gasteiger partial charge is 0.432 e. The average Bonchev–Trinajstić information content (AvgIpc) is 3.44. The van der Waals surface area contributed by atoms with Crippen molar-refractivity contribution in [3.63, 3.8) is 0 Å². The van der Waals surface area contributed by atoms with Crippen molar-refractivity contribution in [3.05, 3.63) is 71.7 Å². The zero-order chi connectivity index (χ0) is 20.2. The summed E-state index contributed by atoms with van der Waals surface area (Å²) >= 11 is 0. The van der Waals surface area contributed by atoms with Crippen molar-refractivity contribution in [2.45, 2.75) is 32.0 Å². The molecule has 0 bridgehead atoms. The first kappa shape index (κ1) is 17.6. The van der Waals surface area contributed by atoms with Crippen molar-refractivity contribution in [3.8, 4) is 0 Å². The fraction of sp³-hybridized carbons (Fsp3) is 0.300. The van der Waals surface area contributed by atoms with Crippen LogP contribution in [0.1, 0.15) is 53.4 Å². The highest BCUT2D eigenvalue weighted by atomic mass is 19.1. The molecule has 5 heterocycles. The van der Waals surface area contributed by atoms with Crippen molar-refractivity contribution in [2.24, 2.45) is 0 Å². The second-order valence-corrected chi connectivity index (χ2v) is 7.56. The summed E-state index contributed by atoms with van der Waals surface area (Å²) in [6, 6.07) is 7.22. The van der Waals surface area contributed by atoms with Crippen LogP contribution < -0.4 is 0 Å². The van der Waals surface area contributed by atoms with E-state index in [1.807, 2.05) is 30.5 Å². The predicted octanol–water partition coefficient (Wildman–Crippen LogP) is 3.04. The van der Waals surface area contributed by atoms with Crippen LogP contribution >= 0.6 is 0 Å². The Hall–Kier alpha value is -3.49. The molecular weight excluding hydrogens is 375 g/mol. The molecular formula is C20H19FN6O2. The Bertz CT molecular complexity index is 1170. The van der Waals surface area contributed by atoms with Crippen LogP contribution in [0.4, 0.5) is 4.39 Å². The molecule has 8 nitrogen and oxygen atoms in total. The first-order valence-electron chi connectivity index (χ1n) is 9.34. The second-order valence-electron chi connectivity index (χ2n) is 7.56. The summed E-state index contributed by atoms with van der Waals surface area (Å²) in [7, 11) is 0. The number of carbonyl (C=O) groups is 1. The van der Waals surface area contributed by atoms with Gasteiger partial charge in [-0.1, -0.05) is 6.07 Å². The Morgan fingerprint density at radius 1 is 1.34 bits per heavy atom. The number of pyridine rings is 1. The molecule has 0 saturated carbocycles. The second kappa shape index (κ2) is 6.26. The van der Waals surface area contributed by atoms with Gasteiger partial charge in [-0.2, -0.15) is 5.10 Å². The molecule has 1 aliphatic rings.